The van der Waals surface area contributed by atoms with Crippen molar-refractivity contribution >= 4 is 15.7 Å². The van der Waals surface area contributed by atoms with E-state index in [2.05, 4.69) is 9.63 Å². The van der Waals surface area contributed by atoms with Gasteiger partial charge in [0.2, 0.25) is 0 Å². The number of hydrogen-bond acceptors (Lipinski definition) is 6. The van der Waals surface area contributed by atoms with Gasteiger partial charge in [0.25, 0.3) is 10.0 Å². The standard InChI is InChI=1S/C12H12N4O3S/c13-10-4-3-6-12(8-10)20(18,19)15-14-9-11-5-1-2-7-16(11)17/h1-9,17H,13H2/b11-9+,15-14?. The summed E-state index contributed by atoms with van der Waals surface area (Å²) in [6.45, 7) is 0. The number of hydroxylamine groups is 2. The van der Waals surface area contributed by atoms with Crippen LogP contribution in [0, 0.1) is 0 Å². The molecule has 0 unspecified atom stereocenters. The number of rotatable bonds is 3. The first-order valence-electron chi connectivity index (χ1n) is 5.55. The highest BCUT2D eigenvalue weighted by atomic mass is 32.2. The molecule has 0 radical (unpaired) electrons. The fraction of sp³-hybridized carbons (Fsp3) is 0. The van der Waals surface area contributed by atoms with E-state index in [0.717, 1.165) is 11.3 Å². The second-order valence-electron chi connectivity index (χ2n) is 3.84. The van der Waals surface area contributed by atoms with Crippen molar-refractivity contribution in [2.24, 2.45) is 9.63 Å². The number of benzene rings is 1. The molecule has 2 rings (SSSR count). The van der Waals surface area contributed by atoms with Gasteiger partial charge in [0, 0.05) is 11.9 Å². The molecule has 1 aromatic rings. The molecule has 1 heterocycles. The Hall–Kier alpha value is -2.45. The summed E-state index contributed by atoms with van der Waals surface area (Å²) >= 11 is 0. The molecule has 20 heavy (non-hydrogen) atoms. The van der Waals surface area contributed by atoms with Crippen LogP contribution in [-0.2, 0) is 10.0 Å². The van der Waals surface area contributed by atoms with Crippen molar-refractivity contribution in [3.05, 3.63) is 60.6 Å². The van der Waals surface area contributed by atoms with E-state index < -0.39 is 10.0 Å². The zero-order chi connectivity index (χ0) is 14.6. The van der Waals surface area contributed by atoms with Gasteiger partial charge in [0.1, 0.15) is 0 Å². The minimum atomic E-state index is -3.91. The number of sulfonamides is 1. The number of hydrogen-bond donors (Lipinski definition) is 2. The van der Waals surface area contributed by atoms with Crippen LogP contribution in [0.2, 0.25) is 0 Å². The molecule has 1 aromatic carbocycles. The average Bonchev–Trinajstić information content (AvgIpc) is 2.41. The van der Waals surface area contributed by atoms with E-state index in [1.165, 1.54) is 24.4 Å². The zero-order valence-electron chi connectivity index (χ0n) is 10.3. The van der Waals surface area contributed by atoms with Gasteiger partial charge in [-0.15, -0.1) is 5.11 Å². The maximum atomic E-state index is 11.9. The molecule has 1 aliphatic heterocycles. The first kappa shape index (κ1) is 14.0. The number of nitrogens with zero attached hydrogens (tertiary/aromatic N) is 3. The molecule has 1 aliphatic rings. The van der Waals surface area contributed by atoms with Gasteiger partial charge in [-0.1, -0.05) is 16.7 Å². The molecule has 0 saturated heterocycles. The Morgan fingerprint density at radius 2 is 2.10 bits per heavy atom. The lowest BCUT2D eigenvalue weighted by Gasteiger charge is -2.13. The molecule has 0 saturated carbocycles. The first-order chi connectivity index (χ1) is 9.49. The summed E-state index contributed by atoms with van der Waals surface area (Å²) in [5.41, 5.74) is 6.13. The van der Waals surface area contributed by atoms with Crippen molar-refractivity contribution in [1.29, 1.82) is 0 Å². The Morgan fingerprint density at radius 3 is 2.80 bits per heavy atom. The number of anilines is 1. The SMILES string of the molecule is Nc1cccc(S(=O)(=O)N=N/C=C2\C=CC=CN2O)c1. The molecule has 3 N–H and O–H groups in total. The van der Waals surface area contributed by atoms with E-state index in [-0.39, 0.29) is 4.90 Å². The molecule has 0 aromatic heterocycles. The fourth-order valence-corrected chi connectivity index (χ4v) is 2.22. The summed E-state index contributed by atoms with van der Waals surface area (Å²) in [5, 5.41) is 13.7. The third kappa shape index (κ3) is 3.31. The molecule has 8 heteroatoms. The summed E-state index contributed by atoms with van der Waals surface area (Å²) in [6.07, 6.45) is 7.34. The van der Waals surface area contributed by atoms with Gasteiger partial charge in [-0.3, -0.25) is 5.21 Å². The predicted molar refractivity (Wildman–Crippen MR) is 72.9 cm³/mol. The Morgan fingerprint density at radius 1 is 1.30 bits per heavy atom. The molecule has 104 valence electrons. The summed E-state index contributed by atoms with van der Waals surface area (Å²) in [4.78, 5) is -0.0420. The van der Waals surface area contributed by atoms with Crippen molar-refractivity contribution in [3.8, 4) is 0 Å². The summed E-state index contributed by atoms with van der Waals surface area (Å²) in [5.74, 6) is 0. The van der Waals surface area contributed by atoms with E-state index in [1.54, 1.807) is 24.3 Å². The quantitative estimate of drug-likeness (QED) is 0.654. The van der Waals surface area contributed by atoms with Crippen LogP contribution in [0.4, 0.5) is 5.69 Å². The van der Waals surface area contributed by atoms with Crippen molar-refractivity contribution < 1.29 is 13.6 Å². The lowest BCUT2D eigenvalue weighted by Crippen LogP contribution is -2.10. The van der Waals surface area contributed by atoms with E-state index in [0.29, 0.717) is 11.4 Å². The Labute approximate surface area is 116 Å². The fourth-order valence-electron chi connectivity index (χ4n) is 1.42. The van der Waals surface area contributed by atoms with E-state index in [4.69, 9.17) is 5.73 Å². The van der Waals surface area contributed by atoms with Crippen molar-refractivity contribution in [2.75, 3.05) is 5.73 Å². The molecule has 0 atom stereocenters. The smallest absolute Gasteiger partial charge is 0.299 e. The lowest BCUT2D eigenvalue weighted by atomic mass is 10.3. The number of nitrogens with two attached hydrogens (primary N) is 1. The number of nitrogen functional groups attached to an aromatic ring is 1. The summed E-state index contributed by atoms with van der Waals surface area (Å²) < 4.78 is 27.0. The monoisotopic (exact) mass is 292 g/mol. The highest BCUT2D eigenvalue weighted by Crippen LogP contribution is 2.16. The van der Waals surface area contributed by atoms with Crippen LogP contribution in [0.3, 0.4) is 0 Å². The van der Waals surface area contributed by atoms with Crippen molar-refractivity contribution in [1.82, 2.24) is 5.06 Å². The largest absolute Gasteiger partial charge is 0.399 e. The van der Waals surface area contributed by atoms with Crippen LogP contribution in [0.25, 0.3) is 0 Å². The van der Waals surface area contributed by atoms with Crippen molar-refractivity contribution in [2.45, 2.75) is 4.90 Å². The minimum Gasteiger partial charge on any atom is -0.399 e. The summed E-state index contributed by atoms with van der Waals surface area (Å²) in [6, 6.07) is 5.75. The highest BCUT2D eigenvalue weighted by molar-refractivity contribution is 7.90. The third-order valence-electron chi connectivity index (χ3n) is 2.37. The molecule has 0 fully saturated rings. The second-order valence-corrected chi connectivity index (χ2v) is 5.43. The maximum Gasteiger partial charge on any atom is 0.299 e. The van der Waals surface area contributed by atoms with Crippen LogP contribution in [-0.4, -0.2) is 18.7 Å². The molecule has 0 bridgehead atoms. The van der Waals surface area contributed by atoms with Crippen LogP contribution in [0.5, 0.6) is 0 Å². The van der Waals surface area contributed by atoms with Gasteiger partial charge >= 0.3 is 0 Å². The van der Waals surface area contributed by atoms with Crippen LogP contribution < -0.4 is 5.73 Å². The molecule has 7 nitrogen and oxygen atoms in total. The third-order valence-corrected chi connectivity index (χ3v) is 3.53. The minimum absolute atomic E-state index is 0.0420. The van der Waals surface area contributed by atoms with Crippen LogP contribution >= 0.6 is 0 Å². The van der Waals surface area contributed by atoms with Gasteiger partial charge in [-0.25, -0.2) is 5.06 Å². The predicted octanol–water partition coefficient (Wildman–Crippen LogP) is 2.03. The molecular weight excluding hydrogens is 280 g/mol. The average molecular weight is 292 g/mol. The maximum absolute atomic E-state index is 11.9. The summed E-state index contributed by atoms with van der Waals surface area (Å²) in [7, 11) is -3.91. The van der Waals surface area contributed by atoms with Gasteiger partial charge in [0.15, 0.2) is 0 Å². The van der Waals surface area contributed by atoms with E-state index in [1.807, 2.05) is 0 Å². The molecule has 0 aliphatic carbocycles. The lowest BCUT2D eigenvalue weighted by molar-refractivity contribution is -0.000512. The van der Waals surface area contributed by atoms with Gasteiger partial charge in [0.05, 0.1) is 16.8 Å². The van der Waals surface area contributed by atoms with E-state index >= 15 is 0 Å². The second kappa shape index (κ2) is 5.68. The Bertz CT molecular complexity index is 720. The van der Waals surface area contributed by atoms with Crippen LogP contribution in [0.1, 0.15) is 0 Å². The molecule has 0 amide bonds. The number of allylic oxidation sites excluding steroid dienone is 3. The van der Waals surface area contributed by atoms with Gasteiger partial charge in [-0.2, -0.15) is 8.42 Å². The van der Waals surface area contributed by atoms with Gasteiger partial charge in [-0.05, 0) is 30.4 Å². The zero-order valence-corrected chi connectivity index (χ0v) is 11.1. The molecule has 0 spiro atoms. The van der Waals surface area contributed by atoms with Gasteiger partial charge < -0.3 is 5.73 Å². The van der Waals surface area contributed by atoms with Crippen LogP contribution in [0.15, 0.2) is 75.1 Å². The first-order valence-corrected chi connectivity index (χ1v) is 6.99. The normalized spacial score (nSPS) is 17.2. The highest BCUT2D eigenvalue weighted by Gasteiger charge is 2.12. The molecular formula is C12H12N4O3S. The Balaban J connectivity index is 2.21. The van der Waals surface area contributed by atoms with Crippen molar-refractivity contribution in [3.63, 3.8) is 0 Å². The van der Waals surface area contributed by atoms with E-state index in [9.17, 15) is 13.6 Å². The topological polar surface area (TPSA) is 108 Å². The Kier molecular flexibility index (Phi) is 3.97.